The quantitative estimate of drug-likeness (QED) is 0.0171. The van der Waals surface area contributed by atoms with Crippen molar-refractivity contribution in [2.75, 3.05) is 80.2 Å². The molecule has 3 aliphatic heterocycles. The zero-order valence-electron chi connectivity index (χ0n) is 59.7. The molecule has 0 spiro atoms. The smallest absolute Gasteiger partial charge is 0.408 e. The minimum absolute atomic E-state index is 0.0308. The molecule has 11 rings (SSSR count). The van der Waals surface area contributed by atoms with Gasteiger partial charge in [-0.1, -0.05) is 82.3 Å². The van der Waals surface area contributed by atoms with E-state index in [-0.39, 0.29) is 84.4 Å². The summed E-state index contributed by atoms with van der Waals surface area (Å²) in [5, 5.41) is 71.3. The number of carbonyl (C=O) groups excluding carboxylic acids is 7. The van der Waals surface area contributed by atoms with Crippen molar-refractivity contribution < 1.29 is 91.9 Å². The number of fused-ring (bicyclic) bond motifs is 5. The highest BCUT2D eigenvalue weighted by Gasteiger charge is 2.78. The highest BCUT2D eigenvalue weighted by atomic mass is 19.1. The fourth-order valence-corrected chi connectivity index (χ4v) is 15.6. The Labute approximate surface area is 600 Å². The van der Waals surface area contributed by atoms with Gasteiger partial charge < -0.3 is 74.8 Å². The Morgan fingerprint density at radius 2 is 1.46 bits per heavy atom. The van der Waals surface area contributed by atoms with Gasteiger partial charge in [0.05, 0.1) is 47.4 Å². The molecular formula is C74H90FN11O18. The fraction of sp³-hybridized carbons (Fsp3) is 0.500. The van der Waals surface area contributed by atoms with Gasteiger partial charge in [-0.05, 0) is 93.1 Å². The molecule has 0 radical (unpaired) electrons. The lowest BCUT2D eigenvalue weighted by atomic mass is 9.44. The van der Waals surface area contributed by atoms with E-state index in [1.54, 1.807) is 74.2 Å². The number of urea groups is 1. The molecule has 5 fully saturated rings. The predicted octanol–water partition coefficient (Wildman–Crippen LogP) is 5.72. The van der Waals surface area contributed by atoms with E-state index in [0.717, 1.165) is 24.0 Å². The van der Waals surface area contributed by atoms with Gasteiger partial charge in [0.25, 0.3) is 0 Å². The number of amides is 3. The van der Waals surface area contributed by atoms with E-state index in [2.05, 4.69) is 15.3 Å². The molecule has 104 heavy (non-hydrogen) atoms. The SMILES string of the molecule is CC(=O)O[C@@]12CO[C@@H]1C[C@H](O)[C@@]1(C)C(=O)[C@H](O)C3=C(C)[C@@H](OC(=O)[C@H](OC(=O)CN4CCN(c5ncnc(N6CCN(Cc7ccc(N(C(=N)c8cc(C(C)C)c(O)cc8O)C(N)=O)cc7F)CC6)n5)CC4)[C@@H](NC(=O)OC(C)(C)C)c4ccccc4)C[C@@](O)([C@@H](OC(=O)c4ccccc4)C12)C3(C)C. The van der Waals surface area contributed by atoms with Crippen LogP contribution in [0, 0.1) is 28.0 Å². The van der Waals surface area contributed by atoms with E-state index >= 15 is 14.0 Å². The summed E-state index contributed by atoms with van der Waals surface area (Å²) in [5.41, 5.74) is -2.65. The summed E-state index contributed by atoms with van der Waals surface area (Å²) >= 11 is 0. The number of ether oxygens (including phenoxy) is 6. The van der Waals surface area contributed by atoms with Crippen LogP contribution >= 0.6 is 0 Å². The van der Waals surface area contributed by atoms with E-state index in [9.17, 15) is 49.5 Å². The number of carbonyl (C=O) groups is 7. The van der Waals surface area contributed by atoms with Crippen LogP contribution in [0.5, 0.6) is 11.5 Å². The van der Waals surface area contributed by atoms with Gasteiger partial charge in [0.1, 0.15) is 71.1 Å². The number of anilines is 3. The van der Waals surface area contributed by atoms with Crippen LogP contribution in [0.25, 0.3) is 0 Å². The van der Waals surface area contributed by atoms with Gasteiger partial charge in [-0.25, -0.2) is 38.4 Å². The predicted molar refractivity (Wildman–Crippen MR) is 373 cm³/mol. The Morgan fingerprint density at radius 3 is 2.03 bits per heavy atom. The molecule has 4 aromatic carbocycles. The first-order valence-electron chi connectivity index (χ1n) is 34.6. The summed E-state index contributed by atoms with van der Waals surface area (Å²) in [7, 11) is 0. The molecule has 1 aromatic heterocycles. The van der Waals surface area contributed by atoms with Gasteiger partial charge in [0, 0.05) is 95.7 Å². The number of aliphatic hydroxyl groups is 3. The molecule has 4 heterocycles. The zero-order valence-corrected chi connectivity index (χ0v) is 59.7. The van der Waals surface area contributed by atoms with Crippen LogP contribution in [-0.2, 0) is 54.1 Å². The number of hydrogen-bond acceptors (Lipinski definition) is 26. The van der Waals surface area contributed by atoms with Gasteiger partial charge >= 0.3 is 36.0 Å². The number of alkyl carbamates (subject to hydrolysis) is 1. The van der Waals surface area contributed by atoms with Crippen LogP contribution in [0.4, 0.5) is 31.6 Å². The summed E-state index contributed by atoms with van der Waals surface area (Å²) in [4.78, 5) is 122. The number of hydrogen-bond donors (Lipinski definition) is 8. The number of rotatable bonds is 18. The Hall–Kier alpha value is -9.72. The molecule has 29 nitrogen and oxygen atoms in total. The molecule has 2 saturated carbocycles. The summed E-state index contributed by atoms with van der Waals surface area (Å²) < 4.78 is 52.8. The third-order valence-corrected chi connectivity index (χ3v) is 21.2. The van der Waals surface area contributed by atoms with Gasteiger partial charge in [0.2, 0.25) is 18.0 Å². The number of benzene rings is 4. The number of nitrogens with zero attached hydrogens (tertiary/aromatic N) is 8. The molecule has 30 heteroatoms. The first kappa shape index (κ1) is 75.4. The maximum absolute atomic E-state index is 15.9. The zero-order chi connectivity index (χ0) is 75.3. The van der Waals surface area contributed by atoms with Crippen molar-refractivity contribution in [1.82, 2.24) is 30.1 Å². The highest BCUT2D eigenvalue weighted by Crippen LogP contribution is 2.64. The number of primary amides is 1. The van der Waals surface area contributed by atoms with Crippen molar-refractivity contribution in [3.05, 3.63) is 142 Å². The molecule has 3 amide bonds. The molecule has 6 aliphatic rings. The number of piperazine rings is 2. The second-order valence-corrected chi connectivity index (χ2v) is 29.5. The number of aromatic nitrogens is 3. The van der Waals surface area contributed by atoms with Crippen LogP contribution in [0.2, 0.25) is 0 Å². The second kappa shape index (κ2) is 29.4. The van der Waals surface area contributed by atoms with Gasteiger partial charge in [-0.2, -0.15) is 4.98 Å². The number of nitrogens with two attached hydrogens (primary N) is 1. The van der Waals surface area contributed by atoms with Crippen LogP contribution in [0.3, 0.4) is 0 Å². The van der Waals surface area contributed by atoms with Gasteiger partial charge in [0.15, 0.2) is 11.4 Å². The Bertz CT molecular complexity index is 4170. The number of halogens is 1. The number of Topliss-reactive ketones (excluding diaryl/α,β-unsaturated/α-hetero) is 1. The Balaban J connectivity index is 0.799. The van der Waals surface area contributed by atoms with Crippen LogP contribution in [0.15, 0.2) is 108 Å². The molecule has 9 N–H and O–H groups in total. The monoisotopic (exact) mass is 1440 g/mol. The van der Waals surface area contributed by atoms with E-state index in [0.29, 0.717) is 62.3 Å². The number of aromatic hydroxyl groups is 2. The van der Waals surface area contributed by atoms with E-state index in [1.807, 2.05) is 28.5 Å². The largest absolute Gasteiger partial charge is 0.508 e. The highest BCUT2D eigenvalue weighted by molar-refractivity contribution is 6.22. The molecule has 556 valence electrons. The molecule has 1 unspecified atom stereocenters. The molecule has 3 aliphatic carbocycles. The summed E-state index contributed by atoms with van der Waals surface area (Å²) in [6.07, 6.45) is -10.8. The van der Waals surface area contributed by atoms with Crippen molar-refractivity contribution in [3.63, 3.8) is 0 Å². The molecule has 3 saturated heterocycles. The van der Waals surface area contributed by atoms with Crippen molar-refractivity contribution in [1.29, 1.82) is 5.41 Å². The number of aliphatic hydroxyl groups excluding tert-OH is 2. The third kappa shape index (κ3) is 14.6. The van der Waals surface area contributed by atoms with Gasteiger partial charge in [-0.3, -0.25) is 29.6 Å². The normalized spacial score (nSPS) is 26.0. The second-order valence-electron chi connectivity index (χ2n) is 29.5. The molecule has 11 atom stereocenters. The first-order valence-corrected chi connectivity index (χ1v) is 34.6. The van der Waals surface area contributed by atoms with Crippen LogP contribution in [-0.4, -0.2) is 217 Å². The summed E-state index contributed by atoms with van der Waals surface area (Å²) in [6, 6.07) is 19.8. The van der Waals surface area contributed by atoms with Crippen molar-refractivity contribution >= 4 is 65.2 Å². The number of ketones is 1. The number of esters is 4. The first-order chi connectivity index (χ1) is 49.1. The van der Waals surface area contributed by atoms with Crippen molar-refractivity contribution in [2.45, 2.75) is 154 Å². The van der Waals surface area contributed by atoms with E-state index in [1.165, 1.54) is 64.4 Å². The van der Waals surface area contributed by atoms with Crippen molar-refractivity contribution in [3.8, 4) is 11.5 Å². The lowest BCUT2D eigenvalue weighted by Gasteiger charge is -2.67. The Kier molecular flexibility index (Phi) is 21.3. The number of phenols is 2. The molecular weight excluding hydrogens is 1350 g/mol. The number of nitrogens with one attached hydrogen (secondary N) is 2. The standard InChI is InChI=1S/C74H90FN11O18/c1-40(2)47-32-48(51(89)33-50(47)88)63(76)86(66(77)96)46-22-21-45(49(75)31-46)36-82-23-27-84(28-24-82)67-78-39-79-68(81-67)85-29-25-83(26-30-85)37-55(91)101-59(57(43-17-13-11-14-18-43)80-69(97)104-70(5,6)7)65(95)100-52-35-74(98)62(102-64(94)44-19-15-12-16-20-44)60-72(10,61(93)58(92)56(41(52)3)71(74,8)9)53(90)34-54-73(60,38-99-54)103-42(4)87/h11-22,31-33,39-40,52-54,57-60,62,76,88-90,92,98H,23-30,34-38H2,1-10H3,(H2,77,96)(H,80,97)/t52-,53-,54+,57-,58+,59+,60?,62-,72+,73-,74+/m0/s1. The average molecular weight is 1440 g/mol. The van der Waals surface area contributed by atoms with Crippen molar-refractivity contribution in [2.24, 2.45) is 22.5 Å². The maximum Gasteiger partial charge on any atom is 0.408 e. The lowest BCUT2D eigenvalue weighted by molar-refractivity contribution is -0.346. The molecule has 5 aromatic rings. The van der Waals surface area contributed by atoms with Crippen LogP contribution in [0.1, 0.15) is 127 Å². The average Bonchev–Trinajstić information content (AvgIpc) is 0.669. The topological polar surface area (TPSA) is 393 Å². The summed E-state index contributed by atoms with van der Waals surface area (Å²) in [6.45, 7) is 18.1. The third-order valence-electron chi connectivity index (χ3n) is 21.2. The number of amidine groups is 1. The lowest BCUT2D eigenvalue weighted by Crippen LogP contribution is -2.81. The maximum atomic E-state index is 15.9. The van der Waals surface area contributed by atoms with Gasteiger partial charge in [-0.15, -0.1) is 0 Å². The van der Waals surface area contributed by atoms with Crippen LogP contribution < -0.4 is 25.8 Å². The number of phenolic OH excluding ortho intramolecular Hbond substituents is 2. The fourth-order valence-electron chi connectivity index (χ4n) is 15.6. The van der Waals surface area contributed by atoms with E-state index < -0.39 is 142 Å². The minimum atomic E-state index is -2.49. The minimum Gasteiger partial charge on any atom is -0.508 e. The molecule has 2 bridgehead atoms. The summed E-state index contributed by atoms with van der Waals surface area (Å²) in [5.74, 6) is -7.78. The Morgan fingerprint density at radius 1 is 0.846 bits per heavy atom. The van der Waals surface area contributed by atoms with E-state index in [4.69, 9.17) is 44.5 Å².